The molecule has 0 saturated carbocycles. The molecule has 4 rings (SSSR count). The minimum absolute atomic E-state index is 0.0435. The van der Waals surface area contributed by atoms with Gasteiger partial charge in [-0.1, -0.05) is 48.0 Å². The van der Waals surface area contributed by atoms with Crippen LogP contribution in [0.3, 0.4) is 0 Å². The Kier molecular flexibility index (Phi) is 5.07. The fourth-order valence-corrected chi connectivity index (χ4v) is 4.28. The standard InChI is InChI=1S/C21H18ClNO2S/c22-18-7-5-16(6-8-18)15-1-3-17(4-2-15)20-13-19(24)14-21(26-20)23-9-11-25-12-10-23/h1-8,13-14H,9-12H2. The molecule has 26 heavy (non-hydrogen) atoms. The molecular weight excluding hydrogens is 366 g/mol. The Labute approximate surface area is 161 Å². The first-order chi connectivity index (χ1) is 12.7. The molecule has 0 amide bonds. The van der Waals surface area contributed by atoms with Gasteiger partial charge in [0.15, 0.2) is 5.43 Å². The van der Waals surface area contributed by atoms with Crippen LogP contribution in [0.2, 0.25) is 5.02 Å². The Balaban J connectivity index is 1.63. The van der Waals surface area contributed by atoms with Gasteiger partial charge in [0, 0.05) is 35.1 Å². The largest absolute Gasteiger partial charge is 0.378 e. The second-order valence-electron chi connectivity index (χ2n) is 6.18. The Morgan fingerprint density at radius 1 is 0.846 bits per heavy atom. The molecule has 132 valence electrons. The zero-order valence-corrected chi connectivity index (χ0v) is 15.7. The summed E-state index contributed by atoms with van der Waals surface area (Å²) < 4.78 is 5.41. The highest BCUT2D eigenvalue weighted by molar-refractivity contribution is 7.19. The molecule has 2 heterocycles. The summed E-state index contributed by atoms with van der Waals surface area (Å²) in [6, 6.07) is 19.5. The van der Waals surface area contributed by atoms with Crippen LogP contribution in [0.4, 0.5) is 5.00 Å². The number of ether oxygens (including phenoxy) is 1. The van der Waals surface area contributed by atoms with Crippen molar-refractivity contribution in [2.24, 2.45) is 0 Å². The molecule has 1 saturated heterocycles. The highest BCUT2D eigenvalue weighted by Gasteiger charge is 2.14. The first-order valence-corrected chi connectivity index (χ1v) is 9.73. The second kappa shape index (κ2) is 7.62. The fourth-order valence-electron chi connectivity index (χ4n) is 3.02. The molecule has 1 aliphatic heterocycles. The lowest BCUT2D eigenvalue weighted by Crippen LogP contribution is -2.36. The van der Waals surface area contributed by atoms with E-state index in [1.54, 1.807) is 23.5 Å². The van der Waals surface area contributed by atoms with Crippen LogP contribution in [0.1, 0.15) is 0 Å². The zero-order chi connectivity index (χ0) is 17.9. The molecule has 3 nitrogen and oxygen atoms in total. The van der Waals surface area contributed by atoms with E-state index in [-0.39, 0.29) is 5.43 Å². The van der Waals surface area contributed by atoms with Gasteiger partial charge in [-0.05, 0) is 28.8 Å². The third-order valence-corrected chi connectivity index (χ3v) is 5.83. The predicted octanol–water partition coefficient (Wildman–Crippen LogP) is 4.93. The Morgan fingerprint density at radius 2 is 1.42 bits per heavy atom. The lowest BCUT2D eigenvalue weighted by molar-refractivity contribution is 0.123. The summed E-state index contributed by atoms with van der Waals surface area (Å²) in [5.74, 6) is 0. The van der Waals surface area contributed by atoms with Gasteiger partial charge in [0.25, 0.3) is 0 Å². The van der Waals surface area contributed by atoms with Crippen LogP contribution < -0.4 is 10.3 Å². The van der Waals surface area contributed by atoms with E-state index >= 15 is 0 Å². The summed E-state index contributed by atoms with van der Waals surface area (Å²) in [4.78, 5) is 15.4. The number of hydrogen-bond acceptors (Lipinski definition) is 4. The van der Waals surface area contributed by atoms with E-state index in [2.05, 4.69) is 29.2 Å². The van der Waals surface area contributed by atoms with Gasteiger partial charge in [-0.3, -0.25) is 4.79 Å². The molecule has 2 aromatic carbocycles. The lowest BCUT2D eigenvalue weighted by atomic mass is 10.0. The summed E-state index contributed by atoms with van der Waals surface area (Å²) in [7, 11) is 0. The van der Waals surface area contributed by atoms with Crippen LogP contribution in [-0.4, -0.2) is 26.3 Å². The molecular formula is C21H18ClNO2S. The van der Waals surface area contributed by atoms with Crippen molar-refractivity contribution in [1.82, 2.24) is 0 Å². The van der Waals surface area contributed by atoms with Crippen molar-refractivity contribution < 1.29 is 4.74 Å². The number of morpholine rings is 1. The number of rotatable bonds is 3. The summed E-state index contributed by atoms with van der Waals surface area (Å²) >= 11 is 7.61. The van der Waals surface area contributed by atoms with Crippen LogP contribution in [0, 0.1) is 0 Å². The normalized spacial score (nSPS) is 14.4. The Morgan fingerprint density at radius 3 is 2.08 bits per heavy atom. The van der Waals surface area contributed by atoms with E-state index < -0.39 is 0 Å². The van der Waals surface area contributed by atoms with Gasteiger partial charge in [-0.15, -0.1) is 11.3 Å². The molecule has 0 radical (unpaired) electrons. The average Bonchev–Trinajstić information content (AvgIpc) is 2.69. The maximum Gasteiger partial charge on any atom is 0.182 e. The first kappa shape index (κ1) is 17.3. The summed E-state index contributed by atoms with van der Waals surface area (Å²) in [6.45, 7) is 3.08. The minimum atomic E-state index is 0.0435. The highest BCUT2D eigenvalue weighted by atomic mass is 35.5. The minimum Gasteiger partial charge on any atom is -0.378 e. The van der Waals surface area contributed by atoms with E-state index in [0.29, 0.717) is 13.2 Å². The third kappa shape index (κ3) is 3.83. The molecule has 0 unspecified atom stereocenters. The lowest BCUT2D eigenvalue weighted by Gasteiger charge is -2.28. The van der Waals surface area contributed by atoms with Crippen molar-refractivity contribution in [3.8, 4) is 21.6 Å². The maximum absolute atomic E-state index is 12.2. The van der Waals surface area contributed by atoms with Crippen LogP contribution >= 0.6 is 22.9 Å². The Hall–Kier alpha value is -2.14. The Bertz CT molecular complexity index is 945. The van der Waals surface area contributed by atoms with Crippen molar-refractivity contribution >= 4 is 27.9 Å². The van der Waals surface area contributed by atoms with Crippen LogP contribution in [0.15, 0.2) is 65.5 Å². The third-order valence-electron chi connectivity index (χ3n) is 4.42. The highest BCUT2D eigenvalue weighted by Crippen LogP contribution is 2.31. The van der Waals surface area contributed by atoms with Gasteiger partial charge >= 0.3 is 0 Å². The maximum atomic E-state index is 12.2. The zero-order valence-electron chi connectivity index (χ0n) is 14.2. The van der Waals surface area contributed by atoms with Crippen LogP contribution in [0.5, 0.6) is 0 Å². The van der Waals surface area contributed by atoms with E-state index in [4.69, 9.17) is 16.3 Å². The molecule has 5 heteroatoms. The van der Waals surface area contributed by atoms with Gasteiger partial charge in [-0.25, -0.2) is 0 Å². The molecule has 0 atom stereocenters. The molecule has 3 aromatic rings. The van der Waals surface area contributed by atoms with Gasteiger partial charge in [-0.2, -0.15) is 0 Å². The van der Waals surface area contributed by atoms with Gasteiger partial charge in [0.05, 0.1) is 18.2 Å². The van der Waals surface area contributed by atoms with E-state index in [1.807, 2.05) is 24.3 Å². The van der Waals surface area contributed by atoms with Crippen molar-refractivity contribution in [3.05, 3.63) is 75.9 Å². The number of benzene rings is 2. The van der Waals surface area contributed by atoms with E-state index in [0.717, 1.165) is 44.7 Å². The van der Waals surface area contributed by atoms with Crippen molar-refractivity contribution in [3.63, 3.8) is 0 Å². The number of nitrogens with zero attached hydrogens (tertiary/aromatic N) is 1. The van der Waals surface area contributed by atoms with Crippen LogP contribution in [-0.2, 0) is 4.74 Å². The summed E-state index contributed by atoms with van der Waals surface area (Å²) in [6.07, 6.45) is 0. The van der Waals surface area contributed by atoms with Gasteiger partial charge in [0.1, 0.15) is 0 Å². The predicted molar refractivity (Wildman–Crippen MR) is 110 cm³/mol. The van der Waals surface area contributed by atoms with Gasteiger partial charge < -0.3 is 9.64 Å². The van der Waals surface area contributed by atoms with E-state index in [1.165, 1.54) is 0 Å². The number of hydrogen-bond donors (Lipinski definition) is 0. The summed E-state index contributed by atoms with van der Waals surface area (Å²) in [5, 5.41) is 1.74. The first-order valence-electron chi connectivity index (χ1n) is 8.53. The fraction of sp³-hybridized carbons (Fsp3) is 0.190. The SMILES string of the molecule is O=c1cc(-c2ccc(-c3ccc(Cl)cc3)cc2)sc(N2CCOCC2)c1. The second-order valence-corrected chi connectivity index (χ2v) is 7.68. The average molecular weight is 384 g/mol. The van der Waals surface area contributed by atoms with Gasteiger partial charge in [0.2, 0.25) is 0 Å². The molecule has 0 spiro atoms. The summed E-state index contributed by atoms with van der Waals surface area (Å²) in [5.41, 5.74) is 3.35. The smallest absolute Gasteiger partial charge is 0.182 e. The monoisotopic (exact) mass is 383 g/mol. The number of halogens is 1. The topological polar surface area (TPSA) is 29.5 Å². The van der Waals surface area contributed by atoms with Crippen molar-refractivity contribution in [2.45, 2.75) is 0 Å². The molecule has 1 aliphatic rings. The molecule has 1 fully saturated rings. The molecule has 0 N–H and O–H groups in total. The molecule has 0 bridgehead atoms. The van der Waals surface area contributed by atoms with Crippen molar-refractivity contribution in [1.29, 1.82) is 0 Å². The molecule has 1 aromatic heterocycles. The number of anilines is 1. The quantitative estimate of drug-likeness (QED) is 0.642. The molecule has 0 aliphatic carbocycles. The van der Waals surface area contributed by atoms with E-state index in [9.17, 15) is 4.79 Å². The van der Waals surface area contributed by atoms with Crippen LogP contribution in [0.25, 0.3) is 21.6 Å². The van der Waals surface area contributed by atoms with Crippen molar-refractivity contribution in [2.75, 3.05) is 31.2 Å².